The molecule has 1 aromatic carbocycles. The fraction of sp³-hybridized carbons (Fsp3) is 0.562. The Morgan fingerprint density at radius 2 is 1.83 bits per heavy atom. The van der Waals surface area contributed by atoms with E-state index in [9.17, 15) is 5.26 Å². The van der Waals surface area contributed by atoms with Gasteiger partial charge in [0.25, 0.3) is 0 Å². The lowest BCUT2D eigenvalue weighted by Crippen LogP contribution is -2.12. The fourth-order valence-corrected chi connectivity index (χ4v) is 2.28. The van der Waals surface area contributed by atoms with Crippen LogP contribution in [0, 0.1) is 43.9 Å². The molecule has 0 N–H and O–H groups in total. The first-order valence-electron chi connectivity index (χ1n) is 6.45. The zero-order chi connectivity index (χ0) is 13.9. The molecular weight excluding hydrogens is 222 g/mol. The van der Waals surface area contributed by atoms with Crippen LogP contribution in [0.3, 0.4) is 0 Å². The summed E-state index contributed by atoms with van der Waals surface area (Å²) in [5, 5.41) is 9.23. The third kappa shape index (κ3) is 2.85. The first-order valence-corrected chi connectivity index (χ1v) is 6.45. The van der Waals surface area contributed by atoms with Crippen molar-refractivity contribution in [3.63, 3.8) is 0 Å². The highest BCUT2D eigenvalue weighted by Crippen LogP contribution is 2.30. The molecule has 98 valence electrons. The Hall–Kier alpha value is -1.49. The van der Waals surface area contributed by atoms with Gasteiger partial charge in [-0.15, -0.1) is 0 Å². The average Bonchev–Trinajstić information content (AvgIpc) is 2.33. The van der Waals surface area contributed by atoms with Crippen molar-refractivity contribution in [1.29, 1.82) is 5.26 Å². The number of methoxy groups -OCH3 is 1. The highest BCUT2D eigenvalue weighted by atomic mass is 16.5. The number of nitrogens with zero attached hydrogens (tertiary/aromatic N) is 1. The van der Waals surface area contributed by atoms with Crippen LogP contribution in [0.15, 0.2) is 6.07 Å². The Labute approximate surface area is 111 Å². The predicted octanol–water partition coefficient (Wildman–Crippen LogP) is 3.96. The van der Waals surface area contributed by atoms with Gasteiger partial charge in [0.2, 0.25) is 0 Å². The monoisotopic (exact) mass is 245 g/mol. The molecule has 0 heterocycles. The number of aryl methyl sites for hydroxylation is 1. The molecule has 0 saturated carbocycles. The van der Waals surface area contributed by atoms with Crippen molar-refractivity contribution >= 4 is 0 Å². The van der Waals surface area contributed by atoms with E-state index in [-0.39, 0.29) is 5.92 Å². The van der Waals surface area contributed by atoms with Gasteiger partial charge in [-0.25, -0.2) is 0 Å². The Morgan fingerprint density at radius 1 is 1.22 bits per heavy atom. The molecule has 0 fully saturated rings. The smallest absolute Gasteiger partial charge is 0.122 e. The molecule has 0 saturated heterocycles. The van der Waals surface area contributed by atoms with Gasteiger partial charge in [-0.3, -0.25) is 0 Å². The van der Waals surface area contributed by atoms with Gasteiger partial charge in [0.15, 0.2) is 0 Å². The van der Waals surface area contributed by atoms with E-state index in [1.54, 1.807) is 7.11 Å². The van der Waals surface area contributed by atoms with Gasteiger partial charge < -0.3 is 4.74 Å². The lowest BCUT2D eigenvalue weighted by molar-refractivity contribution is 0.410. The van der Waals surface area contributed by atoms with Crippen LogP contribution >= 0.6 is 0 Å². The molecule has 0 spiro atoms. The summed E-state index contributed by atoms with van der Waals surface area (Å²) in [6.45, 7) is 10.5. The van der Waals surface area contributed by atoms with Crippen LogP contribution in [0.2, 0.25) is 0 Å². The zero-order valence-electron chi connectivity index (χ0n) is 12.3. The summed E-state index contributed by atoms with van der Waals surface area (Å²) in [6.07, 6.45) is 0.830. The molecule has 0 aliphatic rings. The van der Waals surface area contributed by atoms with Crippen LogP contribution in [-0.2, 0) is 6.42 Å². The van der Waals surface area contributed by atoms with Gasteiger partial charge >= 0.3 is 0 Å². The van der Waals surface area contributed by atoms with Crippen LogP contribution in [0.1, 0.15) is 36.1 Å². The first-order chi connectivity index (χ1) is 8.42. The molecule has 0 aliphatic heterocycles. The molecule has 1 aromatic rings. The standard InChI is InChI=1S/C16H23NO/c1-10(2)14(9-17)8-15-11(3)7-16(18-6)13(5)12(15)4/h7,10,14H,8H2,1-6H3. The van der Waals surface area contributed by atoms with E-state index in [1.165, 1.54) is 22.3 Å². The molecule has 0 aliphatic carbocycles. The zero-order valence-corrected chi connectivity index (χ0v) is 12.3. The lowest BCUT2D eigenvalue weighted by atomic mass is 9.85. The van der Waals surface area contributed by atoms with Gasteiger partial charge in [-0.05, 0) is 61.4 Å². The van der Waals surface area contributed by atoms with Crippen molar-refractivity contribution in [2.75, 3.05) is 7.11 Å². The molecule has 2 nitrogen and oxygen atoms in total. The second-order valence-electron chi connectivity index (χ2n) is 5.31. The molecule has 0 aromatic heterocycles. The second kappa shape index (κ2) is 5.91. The van der Waals surface area contributed by atoms with Gasteiger partial charge in [0.05, 0.1) is 19.1 Å². The van der Waals surface area contributed by atoms with E-state index >= 15 is 0 Å². The lowest BCUT2D eigenvalue weighted by Gasteiger charge is -2.19. The highest BCUT2D eigenvalue weighted by molar-refractivity contribution is 5.48. The SMILES string of the molecule is COc1cc(C)c(CC(C#N)C(C)C)c(C)c1C. The van der Waals surface area contributed by atoms with E-state index in [2.05, 4.69) is 46.8 Å². The summed E-state index contributed by atoms with van der Waals surface area (Å²) < 4.78 is 5.38. The van der Waals surface area contributed by atoms with Crippen LogP contribution in [0.4, 0.5) is 0 Å². The van der Waals surface area contributed by atoms with E-state index in [0.29, 0.717) is 5.92 Å². The summed E-state index contributed by atoms with van der Waals surface area (Å²) in [5.74, 6) is 1.40. The third-order valence-electron chi connectivity index (χ3n) is 3.82. The van der Waals surface area contributed by atoms with Crippen molar-refractivity contribution < 1.29 is 4.74 Å². The summed E-state index contributed by atoms with van der Waals surface area (Å²) in [4.78, 5) is 0. The summed E-state index contributed by atoms with van der Waals surface area (Å²) in [6, 6.07) is 4.50. The number of nitriles is 1. The Bertz CT molecular complexity index is 469. The van der Waals surface area contributed by atoms with E-state index in [0.717, 1.165) is 12.2 Å². The van der Waals surface area contributed by atoms with Gasteiger partial charge in [0.1, 0.15) is 5.75 Å². The molecule has 1 unspecified atom stereocenters. The van der Waals surface area contributed by atoms with E-state index in [4.69, 9.17) is 4.74 Å². The van der Waals surface area contributed by atoms with Crippen molar-refractivity contribution in [3.8, 4) is 11.8 Å². The highest BCUT2D eigenvalue weighted by Gasteiger charge is 2.18. The molecule has 18 heavy (non-hydrogen) atoms. The fourth-order valence-electron chi connectivity index (χ4n) is 2.28. The van der Waals surface area contributed by atoms with Gasteiger partial charge in [-0.1, -0.05) is 13.8 Å². The van der Waals surface area contributed by atoms with E-state index < -0.39 is 0 Å². The van der Waals surface area contributed by atoms with Gasteiger partial charge in [0, 0.05) is 0 Å². The van der Waals surface area contributed by atoms with Crippen molar-refractivity contribution in [2.24, 2.45) is 11.8 Å². The first kappa shape index (κ1) is 14.6. The molecule has 1 atom stereocenters. The Kier molecular flexibility index (Phi) is 4.78. The molecular formula is C16H23NO. The Balaban J connectivity index is 3.19. The van der Waals surface area contributed by atoms with Crippen molar-refractivity contribution in [3.05, 3.63) is 28.3 Å². The molecule has 0 bridgehead atoms. The molecule has 1 rings (SSSR count). The quantitative estimate of drug-likeness (QED) is 0.804. The maximum Gasteiger partial charge on any atom is 0.122 e. The summed E-state index contributed by atoms with van der Waals surface area (Å²) >= 11 is 0. The Morgan fingerprint density at radius 3 is 2.28 bits per heavy atom. The third-order valence-corrected chi connectivity index (χ3v) is 3.82. The molecule has 2 heteroatoms. The average molecular weight is 245 g/mol. The minimum atomic E-state index is 0.0789. The maximum atomic E-state index is 9.23. The maximum absolute atomic E-state index is 9.23. The number of hydrogen-bond acceptors (Lipinski definition) is 2. The number of hydrogen-bond donors (Lipinski definition) is 0. The van der Waals surface area contributed by atoms with Crippen molar-refractivity contribution in [2.45, 2.75) is 41.0 Å². The van der Waals surface area contributed by atoms with Crippen LogP contribution in [0.5, 0.6) is 5.75 Å². The summed E-state index contributed by atoms with van der Waals surface area (Å²) in [7, 11) is 1.70. The number of benzene rings is 1. The van der Waals surface area contributed by atoms with Crippen molar-refractivity contribution in [1.82, 2.24) is 0 Å². The summed E-state index contributed by atoms with van der Waals surface area (Å²) in [5.41, 5.74) is 4.95. The van der Waals surface area contributed by atoms with E-state index in [1.807, 2.05) is 0 Å². The van der Waals surface area contributed by atoms with Gasteiger partial charge in [-0.2, -0.15) is 5.26 Å². The number of rotatable bonds is 4. The molecule has 0 amide bonds. The second-order valence-corrected chi connectivity index (χ2v) is 5.31. The normalized spacial score (nSPS) is 12.3. The minimum Gasteiger partial charge on any atom is -0.496 e. The minimum absolute atomic E-state index is 0.0789. The number of ether oxygens (including phenoxy) is 1. The topological polar surface area (TPSA) is 33.0 Å². The predicted molar refractivity (Wildman–Crippen MR) is 74.9 cm³/mol. The largest absolute Gasteiger partial charge is 0.496 e. The van der Waals surface area contributed by atoms with Crippen LogP contribution in [-0.4, -0.2) is 7.11 Å². The van der Waals surface area contributed by atoms with Crippen LogP contribution in [0.25, 0.3) is 0 Å². The van der Waals surface area contributed by atoms with Crippen LogP contribution < -0.4 is 4.74 Å². The molecule has 0 radical (unpaired) electrons.